The van der Waals surface area contributed by atoms with Crippen LogP contribution in [-0.4, -0.2) is 65.0 Å². The van der Waals surface area contributed by atoms with Gasteiger partial charge in [-0.05, 0) is 82.4 Å². The molecular weight excluding hydrogens is 544 g/mol. The van der Waals surface area contributed by atoms with Gasteiger partial charge in [0.25, 0.3) is 11.4 Å². The van der Waals surface area contributed by atoms with Gasteiger partial charge in [-0.15, -0.1) is 0 Å². The lowest BCUT2D eigenvalue weighted by molar-refractivity contribution is -0.884. The Labute approximate surface area is 232 Å². The van der Waals surface area contributed by atoms with Crippen LogP contribution in [0.3, 0.4) is 0 Å². The molecule has 200 valence electrons. The maximum atomic E-state index is 13.5. The van der Waals surface area contributed by atoms with Crippen molar-refractivity contribution in [3.05, 3.63) is 76.4 Å². The van der Waals surface area contributed by atoms with Gasteiger partial charge >= 0.3 is 0 Å². The van der Waals surface area contributed by atoms with Gasteiger partial charge in [0.05, 0.1) is 16.7 Å². The predicted molar refractivity (Wildman–Crippen MR) is 151 cm³/mol. The van der Waals surface area contributed by atoms with E-state index in [1.807, 2.05) is 36.1 Å². The van der Waals surface area contributed by atoms with Gasteiger partial charge in [-0.2, -0.15) is 0 Å². The monoisotopic (exact) mass is 579 g/mol. The van der Waals surface area contributed by atoms with Gasteiger partial charge in [-0.25, -0.2) is 0 Å². The average Bonchev–Trinajstić information content (AvgIpc) is 2.94. The summed E-state index contributed by atoms with van der Waals surface area (Å²) in [5.41, 5.74) is 3.52. The fourth-order valence-corrected chi connectivity index (χ4v) is 6.17. The molecule has 2 saturated heterocycles. The molecule has 7 nitrogen and oxygen atoms in total. The van der Waals surface area contributed by atoms with Crippen molar-refractivity contribution in [3.8, 4) is 0 Å². The Morgan fingerprint density at radius 1 is 1.08 bits per heavy atom. The Kier molecular flexibility index (Phi) is 8.00. The first kappa shape index (κ1) is 26.6. The fraction of sp³-hybridized carbons (Fsp3) is 0.433. The summed E-state index contributed by atoms with van der Waals surface area (Å²) in [4.78, 5) is 23.6. The van der Waals surface area contributed by atoms with Crippen LogP contribution in [0.15, 0.2) is 70.4 Å². The van der Waals surface area contributed by atoms with Crippen molar-refractivity contribution in [3.63, 3.8) is 0 Å². The largest absolute Gasteiger partial charge is 0.396 e. The van der Waals surface area contributed by atoms with Crippen LogP contribution in [0, 0.1) is 5.92 Å². The van der Waals surface area contributed by atoms with Crippen molar-refractivity contribution in [2.45, 2.75) is 45.1 Å². The van der Waals surface area contributed by atoms with Gasteiger partial charge in [0, 0.05) is 45.9 Å². The molecule has 2 fully saturated rings. The van der Waals surface area contributed by atoms with Crippen LogP contribution in [0.4, 0.5) is 0 Å². The van der Waals surface area contributed by atoms with E-state index >= 15 is 0 Å². The number of aromatic nitrogens is 1. The summed E-state index contributed by atoms with van der Waals surface area (Å²) in [6.07, 6.45) is 5.55. The maximum Gasteiger partial charge on any atom is 0.265 e. The van der Waals surface area contributed by atoms with Crippen molar-refractivity contribution in [1.29, 1.82) is 0 Å². The number of rotatable bonds is 6. The van der Waals surface area contributed by atoms with Gasteiger partial charge < -0.3 is 9.74 Å². The number of pyridine rings is 1. The Bertz CT molecular complexity index is 1310. The summed E-state index contributed by atoms with van der Waals surface area (Å²) in [6.45, 7) is 8.36. The summed E-state index contributed by atoms with van der Waals surface area (Å²) in [5.74, 6) is 0.402. The second-order valence-corrected chi connectivity index (χ2v) is 11.5. The molecule has 0 radical (unpaired) electrons. The van der Waals surface area contributed by atoms with Crippen LogP contribution in [0.2, 0.25) is 0 Å². The quantitative estimate of drug-likeness (QED) is 0.187. The Morgan fingerprint density at radius 2 is 1.79 bits per heavy atom. The first-order valence-corrected chi connectivity index (χ1v) is 14.3. The number of benzene rings is 2. The molecule has 0 unspecified atom stereocenters. The van der Waals surface area contributed by atoms with Crippen molar-refractivity contribution in [2.24, 2.45) is 11.1 Å². The molecule has 0 spiro atoms. The molecule has 5 rings (SSSR count). The van der Waals surface area contributed by atoms with E-state index in [1.165, 1.54) is 0 Å². The first-order valence-electron chi connectivity index (χ1n) is 13.5. The van der Waals surface area contributed by atoms with E-state index in [0.717, 1.165) is 77.7 Å². The summed E-state index contributed by atoms with van der Waals surface area (Å²) in [6, 6.07) is 17.5. The molecule has 2 aromatic carbocycles. The highest BCUT2D eigenvalue weighted by Crippen LogP contribution is 2.34. The Hall–Kier alpha value is -2.97. The smallest absolute Gasteiger partial charge is 0.265 e. The highest BCUT2D eigenvalue weighted by Gasteiger charge is 2.39. The lowest BCUT2D eigenvalue weighted by Crippen LogP contribution is -2.56. The molecule has 0 bridgehead atoms. The number of likely N-dealkylation sites (tertiary alicyclic amines) is 2. The van der Waals surface area contributed by atoms with E-state index in [0.29, 0.717) is 23.6 Å². The van der Waals surface area contributed by atoms with Crippen LogP contribution in [0.5, 0.6) is 0 Å². The van der Waals surface area contributed by atoms with Crippen LogP contribution in [-0.2, 0) is 4.84 Å². The van der Waals surface area contributed by atoms with Gasteiger partial charge in [0.1, 0.15) is 6.61 Å². The van der Waals surface area contributed by atoms with E-state index in [-0.39, 0.29) is 11.4 Å². The number of halogens is 1. The summed E-state index contributed by atoms with van der Waals surface area (Å²) >= 11 is 3.53. The van der Waals surface area contributed by atoms with Gasteiger partial charge in [-0.1, -0.05) is 39.3 Å². The molecule has 38 heavy (non-hydrogen) atoms. The number of nitrogens with zero attached hydrogens (tertiary/aromatic N) is 4. The second kappa shape index (κ2) is 11.4. The standard InChI is InChI=1S/C30H36BrN4O3/c1-3-38-32-28(22-9-11-24(31)12-10-22)23-13-18-34(19-14-23)30(2)15-20-33(21-16-30)29(36)26-6-4-8-27-25(26)7-5-17-35(27)37/h4-12,17,23,37H,3,13-16,18-21H2,1-2H3/q+1/b32-28+. The van der Waals surface area contributed by atoms with Crippen molar-refractivity contribution >= 4 is 38.5 Å². The number of piperidine rings is 2. The van der Waals surface area contributed by atoms with E-state index < -0.39 is 0 Å². The lowest BCUT2D eigenvalue weighted by atomic mass is 9.82. The number of hydrogen-bond acceptors (Lipinski definition) is 5. The summed E-state index contributed by atoms with van der Waals surface area (Å²) < 4.78 is 2.13. The van der Waals surface area contributed by atoms with Crippen LogP contribution in [0.1, 0.15) is 55.5 Å². The molecule has 2 aliphatic rings. The molecule has 2 aliphatic heterocycles. The van der Waals surface area contributed by atoms with E-state index in [4.69, 9.17) is 4.84 Å². The van der Waals surface area contributed by atoms with Crippen LogP contribution in [0.25, 0.3) is 10.9 Å². The number of carbonyl (C=O) groups excluding carboxylic acids is 1. The van der Waals surface area contributed by atoms with Gasteiger partial charge in [0.15, 0.2) is 0 Å². The van der Waals surface area contributed by atoms with Gasteiger partial charge in [0.2, 0.25) is 6.20 Å². The Morgan fingerprint density at radius 3 is 2.47 bits per heavy atom. The SMILES string of the molecule is CCO/N=C(\c1ccc(Br)cc1)C1CCN(C2(C)CCN(C(=O)c3cccc4c3ccc[n+]4O)CC2)CC1. The number of amides is 1. The Balaban J connectivity index is 1.22. The molecule has 3 aromatic rings. The zero-order valence-electron chi connectivity index (χ0n) is 22.1. The lowest BCUT2D eigenvalue weighted by Gasteiger charge is -2.49. The molecular formula is C30H36BrN4O3+. The molecule has 1 amide bonds. The summed E-state index contributed by atoms with van der Waals surface area (Å²) in [7, 11) is 0. The van der Waals surface area contributed by atoms with E-state index in [1.54, 1.807) is 12.3 Å². The molecule has 1 N–H and O–H groups in total. The maximum absolute atomic E-state index is 13.5. The number of fused-ring (bicyclic) bond motifs is 1. The van der Waals surface area contributed by atoms with Crippen LogP contribution < -0.4 is 4.73 Å². The molecule has 3 heterocycles. The number of oxime groups is 1. The normalized spacial score (nSPS) is 19.0. The van der Waals surface area contributed by atoms with E-state index in [9.17, 15) is 10.0 Å². The minimum atomic E-state index is 0.0360. The van der Waals surface area contributed by atoms with Crippen molar-refractivity contribution < 1.29 is 19.6 Å². The number of hydrogen-bond donors (Lipinski definition) is 1. The van der Waals surface area contributed by atoms with E-state index in [2.05, 4.69) is 57.2 Å². The molecule has 0 atom stereocenters. The molecule has 1 aromatic heterocycles. The van der Waals surface area contributed by atoms with Gasteiger partial charge in [-0.3, -0.25) is 14.9 Å². The molecule has 0 aliphatic carbocycles. The fourth-order valence-electron chi connectivity index (χ4n) is 5.90. The third kappa shape index (κ3) is 5.43. The average molecular weight is 581 g/mol. The third-order valence-electron chi connectivity index (χ3n) is 8.26. The highest BCUT2D eigenvalue weighted by atomic mass is 79.9. The number of carbonyl (C=O) groups is 1. The zero-order valence-corrected chi connectivity index (χ0v) is 23.7. The minimum absolute atomic E-state index is 0.0360. The predicted octanol–water partition coefficient (Wildman–Crippen LogP) is 5.27. The molecule has 8 heteroatoms. The molecule has 0 saturated carbocycles. The third-order valence-corrected chi connectivity index (χ3v) is 8.78. The first-order chi connectivity index (χ1) is 18.4. The van der Waals surface area contributed by atoms with Crippen LogP contribution >= 0.6 is 15.9 Å². The zero-order chi connectivity index (χ0) is 26.7. The highest BCUT2D eigenvalue weighted by molar-refractivity contribution is 9.10. The second-order valence-electron chi connectivity index (χ2n) is 10.5. The van der Waals surface area contributed by atoms with Crippen molar-refractivity contribution in [2.75, 3.05) is 32.8 Å². The topological polar surface area (TPSA) is 69.2 Å². The minimum Gasteiger partial charge on any atom is -0.396 e. The summed E-state index contributed by atoms with van der Waals surface area (Å²) in [5, 5.41) is 15.4. The van der Waals surface area contributed by atoms with Crippen molar-refractivity contribution in [1.82, 2.24) is 9.80 Å².